The summed E-state index contributed by atoms with van der Waals surface area (Å²) in [5.41, 5.74) is 2.42. The quantitative estimate of drug-likeness (QED) is 0.179. The topological polar surface area (TPSA) is 43.4 Å². The van der Waals surface area contributed by atoms with E-state index >= 15 is 0 Å². The molecule has 0 amide bonds. The fourth-order valence-electron chi connectivity index (χ4n) is 5.41. The van der Waals surface area contributed by atoms with Crippen LogP contribution in [-0.4, -0.2) is 108 Å². The lowest BCUT2D eigenvalue weighted by molar-refractivity contribution is -0.0190. The van der Waals surface area contributed by atoms with Crippen LogP contribution in [0.4, 0.5) is 0 Å². The van der Waals surface area contributed by atoms with Gasteiger partial charge in [-0.1, -0.05) is 84.9 Å². The van der Waals surface area contributed by atoms with Crippen molar-refractivity contribution in [1.29, 1.82) is 0 Å². The van der Waals surface area contributed by atoms with Crippen molar-refractivity contribution in [1.82, 2.24) is 9.80 Å². The number of rotatable bonds is 19. The number of hydrogen-bond donors (Lipinski definition) is 0. The van der Waals surface area contributed by atoms with Crippen molar-refractivity contribution < 1.29 is 18.9 Å². The van der Waals surface area contributed by atoms with Crippen molar-refractivity contribution in [2.24, 2.45) is 0 Å². The van der Waals surface area contributed by atoms with Crippen molar-refractivity contribution in [2.45, 2.75) is 62.4 Å². The molecule has 2 aromatic rings. The molecule has 230 valence electrons. The van der Waals surface area contributed by atoms with Crippen LogP contribution >= 0.6 is 0 Å². The van der Waals surface area contributed by atoms with E-state index in [2.05, 4.69) is 82.6 Å². The molecule has 0 spiro atoms. The first-order chi connectivity index (χ1) is 20.7. The normalized spacial score (nSPS) is 23.7. The maximum absolute atomic E-state index is 6.36. The first kappa shape index (κ1) is 33.0. The first-order valence-electron chi connectivity index (χ1n) is 16.2. The van der Waals surface area contributed by atoms with E-state index in [1.54, 1.807) is 0 Å². The van der Waals surface area contributed by atoms with Crippen molar-refractivity contribution >= 4 is 32.6 Å². The minimum absolute atomic E-state index is 0.0337. The van der Waals surface area contributed by atoms with Crippen LogP contribution < -0.4 is 0 Å². The average molecular weight is 609 g/mol. The Hall–Kier alpha value is -1.89. The molecule has 0 aromatic heterocycles. The summed E-state index contributed by atoms with van der Waals surface area (Å²) in [7, 11) is 2.51. The molecular formula is C34H52N2O4Si2. The molecule has 0 radical (unpaired) electrons. The minimum Gasteiger partial charge on any atom is -0.379 e. The summed E-state index contributed by atoms with van der Waals surface area (Å²) in [4.78, 5) is 4.91. The zero-order valence-electron chi connectivity index (χ0n) is 25.8. The summed E-state index contributed by atoms with van der Waals surface area (Å²) >= 11 is 0. The predicted molar refractivity (Wildman–Crippen MR) is 181 cm³/mol. The molecule has 4 unspecified atom stereocenters. The van der Waals surface area contributed by atoms with Gasteiger partial charge in [-0.05, 0) is 49.0 Å². The number of benzene rings is 2. The van der Waals surface area contributed by atoms with Gasteiger partial charge in [0.05, 0.1) is 25.4 Å². The molecule has 4 atom stereocenters. The van der Waals surface area contributed by atoms with Crippen molar-refractivity contribution in [3.05, 3.63) is 83.9 Å². The molecule has 0 saturated carbocycles. The Morgan fingerprint density at radius 1 is 0.643 bits per heavy atom. The number of hydrogen-bond acceptors (Lipinski definition) is 6. The molecule has 2 fully saturated rings. The van der Waals surface area contributed by atoms with Gasteiger partial charge in [0, 0.05) is 59.9 Å². The van der Waals surface area contributed by atoms with Gasteiger partial charge in [-0.25, -0.2) is 0 Å². The molecule has 8 heteroatoms. The van der Waals surface area contributed by atoms with Crippen LogP contribution in [0.1, 0.15) is 36.8 Å². The molecule has 2 aliphatic rings. The zero-order valence-corrected chi connectivity index (χ0v) is 29.8. The highest BCUT2D eigenvalue weighted by Gasteiger charge is 2.31. The summed E-state index contributed by atoms with van der Waals surface area (Å²) in [5.74, 6) is 0. The molecule has 2 aliphatic heterocycles. The van der Waals surface area contributed by atoms with Gasteiger partial charge in [0.15, 0.2) is 0 Å². The molecule has 0 N–H and O–H groups in total. The second kappa shape index (κ2) is 19.4. The highest BCUT2D eigenvalue weighted by Crippen LogP contribution is 2.21. The minimum atomic E-state index is 0.0337. The Morgan fingerprint density at radius 3 is 1.48 bits per heavy atom. The van der Waals surface area contributed by atoms with Crippen LogP contribution in [0.3, 0.4) is 0 Å². The lowest BCUT2D eigenvalue weighted by Gasteiger charge is -2.19. The third kappa shape index (κ3) is 11.7. The number of ether oxygens (including phenoxy) is 4. The summed E-state index contributed by atoms with van der Waals surface area (Å²) < 4.78 is 24.8. The van der Waals surface area contributed by atoms with E-state index in [4.69, 9.17) is 18.9 Å². The number of unbranched alkanes of at least 4 members (excludes halogenated alkanes) is 1. The standard InChI is InChI=1S/C34H52N2O4Si2/c41-23-9-19-35-25-31(39-33(35)17-15-29-11-3-1-4-12-29)27-37-21-7-8-22-38-28-32-26-36(20-10-24-42)34(40-32)18-16-30-13-5-2-6-14-30/h1-6,11-18,31-34H,7-10,19-28H2,41-42H3/b17-15+,18-16+. The Balaban J connectivity index is 1.09. The Morgan fingerprint density at radius 2 is 1.07 bits per heavy atom. The van der Waals surface area contributed by atoms with Gasteiger partial charge in [0.25, 0.3) is 0 Å². The Bertz CT molecular complexity index is 959. The van der Waals surface area contributed by atoms with Gasteiger partial charge in [0.2, 0.25) is 0 Å². The fourth-order valence-corrected chi connectivity index (χ4v) is 6.05. The summed E-state index contributed by atoms with van der Waals surface area (Å²) in [6, 6.07) is 23.6. The lowest BCUT2D eigenvalue weighted by atomic mass is 10.2. The van der Waals surface area contributed by atoms with E-state index in [1.165, 1.54) is 56.5 Å². The molecule has 42 heavy (non-hydrogen) atoms. The second-order valence-electron chi connectivity index (χ2n) is 11.4. The largest absolute Gasteiger partial charge is 0.379 e. The number of nitrogens with zero attached hydrogens (tertiary/aromatic N) is 2. The maximum Gasteiger partial charge on any atom is 0.130 e. The molecule has 0 bridgehead atoms. The van der Waals surface area contributed by atoms with Crippen molar-refractivity contribution in [3.8, 4) is 0 Å². The Labute approximate surface area is 259 Å². The van der Waals surface area contributed by atoms with Crippen molar-refractivity contribution in [2.75, 3.05) is 52.6 Å². The molecule has 2 aromatic carbocycles. The van der Waals surface area contributed by atoms with Gasteiger partial charge in [-0.15, -0.1) is 0 Å². The monoisotopic (exact) mass is 608 g/mol. The second-order valence-corrected chi connectivity index (χ2v) is 13.4. The molecule has 4 rings (SSSR count). The average Bonchev–Trinajstić information content (AvgIpc) is 3.61. The van der Waals surface area contributed by atoms with Crippen LogP contribution in [0, 0.1) is 0 Å². The van der Waals surface area contributed by atoms with Crippen LogP contribution in [0.15, 0.2) is 72.8 Å². The van der Waals surface area contributed by atoms with E-state index in [9.17, 15) is 0 Å². The lowest BCUT2D eigenvalue weighted by Crippen LogP contribution is -2.30. The van der Waals surface area contributed by atoms with Gasteiger partial charge < -0.3 is 18.9 Å². The molecule has 0 aliphatic carbocycles. The van der Waals surface area contributed by atoms with Gasteiger partial charge >= 0.3 is 0 Å². The molecule has 2 heterocycles. The summed E-state index contributed by atoms with van der Waals surface area (Å²) in [6.07, 6.45) is 13.5. The van der Waals surface area contributed by atoms with Crippen molar-refractivity contribution in [3.63, 3.8) is 0 Å². The smallest absolute Gasteiger partial charge is 0.130 e. The van der Waals surface area contributed by atoms with E-state index in [0.29, 0.717) is 13.2 Å². The predicted octanol–water partition coefficient (Wildman–Crippen LogP) is 3.63. The Kier molecular flexibility index (Phi) is 15.3. The fraction of sp³-hybridized carbons (Fsp3) is 0.529. The van der Waals surface area contributed by atoms with Gasteiger partial charge in [-0.3, -0.25) is 9.80 Å². The highest BCUT2D eigenvalue weighted by molar-refractivity contribution is 6.08. The van der Waals surface area contributed by atoms with Crippen LogP contribution in [0.25, 0.3) is 12.2 Å². The molecule has 2 saturated heterocycles. The van der Waals surface area contributed by atoms with E-state index in [1.807, 2.05) is 12.1 Å². The van der Waals surface area contributed by atoms with E-state index in [-0.39, 0.29) is 24.7 Å². The third-order valence-electron chi connectivity index (χ3n) is 7.80. The van der Waals surface area contributed by atoms with E-state index < -0.39 is 0 Å². The van der Waals surface area contributed by atoms with Gasteiger partial charge in [-0.2, -0.15) is 0 Å². The van der Waals surface area contributed by atoms with E-state index in [0.717, 1.165) is 52.2 Å². The van der Waals surface area contributed by atoms with Crippen LogP contribution in [0.5, 0.6) is 0 Å². The first-order valence-corrected chi connectivity index (χ1v) is 19.0. The molecular weight excluding hydrogens is 557 g/mol. The van der Waals surface area contributed by atoms with Crippen LogP contribution in [-0.2, 0) is 18.9 Å². The third-order valence-corrected chi connectivity index (χ3v) is 9.21. The highest BCUT2D eigenvalue weighted by atomic mass is 28.1. The maximum atomic E-state index is 6.36. The van der Waals surface area contributed by atoms with Crippen LogP contribution in [0.2, 0.25) is 12.1 Å². The van der Waals surface area contributed by atoms with Gasteiger partial charge in [0.1, 0.15) is 12.5 Å². The summed E-state index contributed by atoms with van der Waals surface area (Å²) in [6.45, 7) is 6.85. The summed E-state index contributed by atoms with van der Waals surface area (Å²) in [5, 5.41) is 0. The SMILES string of the molecule is [SiH3]CCCN1CC(COCCCCOCC2CN(CCC[SiH3])C(/C=C/c3ccccc3)O2)OC1/C=C/c1ccccc1. The molecule has 6 nitrogen and oxygen atoms in total. The zero-order chi connectivity index (χ0) is 29.2.